The highest BCUT2D eigenvalue weighted by Gasteiger charge is 2.23. The smallest absolute Gasteiger partial charge is 0.362 e. The minimum absolute atomic E-state index is 0.0118. The fourth-order valence-electron chi connectivity index (χ4n) is 1.20. The van der Waals surface area contributed by atoms with Crippen LogP contribution in [0.5, 0.6) is 5.95 Å². The van der Waals surface area contributed by atoms with Crippen molar-refractivity contribution < 1.29 is 23.5 Å². The topological polar surface area (TPSA) is 85.7 Å². The Bertz CT molecular complexity index is 545. The summed E-state index contributed by atoms with van der Waals surface area (Å²) < 4.78 is 15.2. The van der Waals surface area contributed by atoms with Crippen LogP contribution in [0.15, 0.2) is 21.0 Å². The second kappa shape index (κ2) is 4.50. The number of aromatic carboxylic acids is 1. The predicted molar refractivity (Wildman–Crippen MR) is 57.3 cm³/mol. The number of hydrogen-bond donors (Lipinski definition) is 1. The van der Waals surface area contributed by atoms with Crippen molar-refractivity contribution in [2.75, 3.05) is 6.61 Å². The first-order valence-corrected chi connectivity index (χ1v) is 5.12. The number of rotatable bonds is 4. The summed E-state index contributed by atoms with van der Waals surface area (Å²) in [6, 6.07) is 3.03. The highest BCUT2D eigenvalue weighted by Crippen LogP contribution is 2.29. The molecular formula is C10H8ClNO5. The number of furan rings is 1. The Hall–Kier alpha value is -1.95. The van der Waals surface area contributed by atoms with Crippen molar-refractivity contribution in [1.82, 2.24) is 4.98 Å². The minimum atomic E-state index is -1.24. The molecule has 2 heterocycles. The van der Waals surface area contributed by atoms with E-state index >= 15 is 0 Å². The van der Waals surface area contributed by atoms with Crippen molar-refractivity contribution in [2.24, 2.45) is 0 Å². The first-order chi connectivity index (χ1) is 8.11. The number of carboxylic acids is 1. The maximum absolute atomic E-state index is 10.9. The third-order valence-electron chi connectivity index (χ3n) is 1.86. The quantitative estimate of drug-likeness (QED) is 0.906. The Morgan fingerprint density at radius 2 is 2.29 bits per heavy atom. The van der Waals surface area contributed by atoms with Gasteiger partial charge in [-0.15, -0.1) is 0 Å². The average molecular weight is 258 g/mol. The molecule has 0 aromatic carbocycles. The van der Waals surface area contributed by atoms with E-state index in [0.717, 1.165) is 0 Å². The molecule has 2 aromatic heterocycles. The monoisotopic (exact) mass is 257 g/mol. The zero-order chi connectivity index (χ0) is 12.4. The molecule has 0 aliphatic carbocycles. The van der Waals surface area contributed by atoms with Gasteiger partial charge in [0.05, 0.1) is 6.61 Å². The number of carboxylic acid groups (broad SMARTS) is 1. The second-order valence-corrected chi connectivity index (χ2v) is 3.37. The van der Waals surface area contributed by atoms with Gasteiger partial charge in [0.1, 0.15) is 0 Å². The van der Waals surface area contributed by atoms with E-state index in [-0.39, 0.29) is 35.1 Å². The number of nitrogens with zero attached hydrogens (tertiary/aromatic N) is 1. The SMILES string of the molecule is CCOc1oc(-c2ccc(Cl)o2)nc1C(=O)O. The van der Waals surface area contributed by atoms with E-state index in [0.29, 0.717) is 0 Å². The predicted octanol–water partition coefficient (Wildman–Crippen LogP) is 2.68. The van der Waals surface area contributed by atoms with Gasteiger partial charge in [-0.2, -0.15) is 4.98 Å². The molecule has 0 atom stereocenters. The van der Waals surface area contributed by atoms with Crippen LogP contribution in [0.1, 0.15) is 17.4 Å². The van der Waals surface area contributed by atoms with Gasteiger partial charge in [0, 0.05) is 0 Å². The third-order valence-corrected chi connectivity index (χ3v) is 2.06. The maximum Gasteiger partial charge on any atom is 0.362 e. The van der Waals surface area contributed by atoms with Crippen molar-refractivity contribution in [1.29, 1.82) is 0 Å². The van der Waals surface area contributed by atoms with Crippen LogP contribution in [0, 0.1) is 0 Å². The van der Waals surface area contributed by atoms with E-state index in [2.05, 4.69) is 4.98 Å². The number of halogens is 1. The van der Waals surface area contributed by atoms with Gasteiger partial charge in [-0.25, -0.2) is 4.79 Å². The molecule has 0 fully saturated rings. The number of ether oxygens (including phenoxy) is 1. The lowest BCUT2D eigenvalue weighted by Gasteiger charge is -1.96. The zero-order valence-electron chi connectivity index (χ0n) is 8.77. The first kappa shape index (κ1) is 11.5. The van der Waals surface area contributed by atoms with Crippen LogP contribution in [0.2, 0.25) is 5.22 Å². The van der Waals surface area contributed by atoms with Crippen LogP contribution < -0.4 is 4.74 Å². The largest absolute Gasteiger partial charge is 0.476 e. The van der Waals surface area contributed by atoms with E-state index in [1.807, 2.05) is 0 Å². The van der Waals surface area contributed by atoms with Gasteiger partial charge in [-0.3, -0.25) is 0 Å². The Labute approximate surface area is 101 Å². The molecule has 6 nitrogen and oxygen atoms in total. The fraction of sp³-hybridized carbons (Fsp3) is 0.200. The first-order valence-electron chi connectivity index (χ1n) is 4.74. The lowest BCUT2D eigenvalue weighted by Crippen LogP contribution is -2.01. The van der Waals surface area contributed by atoms with Gasteiger partial charge in [0.15, 0.2) is 11.0 Å². The summed E-state index contributed by atoms with van der Waals surface area (Å²) in [5.41, 5.74) is -0.297. The Morgan fingerprint density at radius 3 is 2.82 bits per heavy atom. The summed E-state index contributed by atoms with van der Waals surface area (Å²) in [7, 11) is 0. The molecular weight excluding hydrogens is 250 g/mol. The van der Waals surface area contributed by atoms with Gasteiger partial charge in [0.25, 0.3) is 5.89 Å². The third kappa shape index (κ3) is 2.26. The fourth-order valence-corrected chi connectivity index (χ4v) is 1.35. The van der Waals surface area contributed by atoms with Gasteiger partial charge >= 0.3 is 11.9 Å². The molecule has 7 heteroatoms. The summed E-state index contributed by atoms with van der Waals surface area (Å²) >= 11 is 5.60. The zero-order valence-corrected chi connectivity index (χ0v) is 9.52. The van der Waals surface area contributed by atoms with Crippen LogP contribution in [0.3, 0.4) is 0 Å². The summed E-state index contributed by atoms with van der Waals surface area (Å²) in [6.45, 7) is 1.98. The van der Waals surface area contributed by atoms with Crippen LogP contribution in [-0.4, -0.2) is 22.7 Å². The van der Waals surface area contributed by atoms with Gasteiger partial charge in [-0.1, -0.05) is 0 Å². The van der Waals surface area contributed by atoms with Gasteiger partial charge < -0.3 is 18.7 Å². The molecule has 17 heavy (non-hydrogen) atoms. The van der Waals surface area contributed by atoms with E-state index in [9.17, 15) is 4.79 Å². The molecule has 0 unspecified atom stereocenters. The standard InChI is InChI=1S/C10H8ClNO5/c1-2-15-10-7(9(13)14)12-8(17-10)5-3-4-6(11)16-5/h3-4H,2H2,1H3,(H,13,14). The Balaban J connectivity index is 2.43. The Morgan fingerprint density at radius 1 is 1.53 bits per heavy atom. The van der Waals surface area contributed by atoms with E-state index < -0.39 is 5.97 Å². The molecule has 0 radical (unpaired) electrons. The van der Waals surface area contributed by atoms with Crippen LogP contribution >= 0.6 is 11.6 Å². The Kier molecular flexibility index (Phi) is 3.06. The number of aromatic nitrogens is 1. The van der Waals surface area contributed by atoms with Crippen LogP contribution in [-0.2, 0) is 0 Å². The van der Waals surface area contributed by atoms with Crippen molar-refractivity contribution in [2.45, 2.75) is 6.92 Å². The maximum atomic E-state index is 10.9. The molecule has 2 rings (SSSR count). The van der Waals surface area contributed by atoms with E-state index in [1.54, 1.807) is 6.92 Å². The second-order valence-electron chi connectivity index (χ2n) is 3.00. The molecule has 90 valence electrons. The summed E-state index contributed by atoms with van der Waals surface area (Å²) in [6.07, 6.45) is 0. The van der Waals surface area contributed by atoms with Gasteiger partial charge in [-0.05, 0) is 30.7 Å². The molecule has 0 aliphatic rings. The van der Waals surface area contributed by atoms with Crippen LogP contribution in [0.4, 0.5) is 0 Å². The molecule has 0 saturated heterocycles. The lowest BCUT2D eigenvalue weighted by molar-refractivity contribution is 0.0683. The molecule has 0 spiro atoms. The molecule has 0 bridgehead atoms. The summed E-state index contributed by atoms with van der Waals surface area (Å²) in [5, 5.41) is 9.06. The average Bonchev–Trinajstić information content (AvgIpc) is 2.85. The van der Waals surface area contributed by atoms with Crippen molar-refractivity contribution in [3.8, 4) is 17.6 Å². The summed E-state index contributed by atoms with van der Waals surface area (Å²) in [5.74, 6) is -1.13. The molecule has 0 saturated carbocycles. The molecule has 0 aliphatic heterocycles. The van der Waals surface area contributed by atoms with E-state index in [4.69, 9.17) is 30.3 Å². The highest BCUT2D eigenvalue weighted by atomic mass is 35.5. The van der Waals surface area contributed by atoms with Crippen molar-refractivity contribution >= 4 is 17.6 Å². The lowest BCUT2D eigenvalue weighted by atomic mass is 10.4. The number of oxazole rings is 1. The number of hydrogen-bond acceptors (Lipinski definition) is 5. The van der Waals surface area contributed by atoms with Crippen LogP contribution in [0.25, 0.3) is 11.7 Å². The highest BCUT2D eigenvalue weighted by molar-refractivity contribution is 6.28. The normalized spacial score (nSPS) is 10.5. The molecule has 1 N–H and O–H groups in total. The number of carbonyl (C=O) groups is 1. The van der Waals surface area contributed by atoms with Crippen molar-refractivity contribution in [3.63, 3.8) is 0 Å². The molecule has 0 amide bonds. The van der Waals surface area contributed by atoms with E-state index in [1.165, 1.54) is 12.1 Å². The minimum Gasteiger partial charge on any atom is -0.476 e. The van der Waals surface area contributed by atoms with Crippen molar-refractivity contribution in [3.05, 3.63) is 23.0 Å². The van der Waals surface area contributed by atoms with Gasteiger partial charge in [0.2, 0.25) is 5.69 Å². The summed E-state index contributed by atoms with van der Waals surface area (Å²) in [4.78, 5) is 14.7. The molecule has 2 aromatic rings.